The summed E-state index contributed by atoms with van der Waals surface area (Å²) in [5.41, 5.74) is 10.8. The molecule has 8 aromatic carbocycles. The van der Waals surface area contributed by atoms with Crippen LogP contribution in [0.2, 0.25) is 0 Å². The van der Waals surface area contributed by atoms with Crippen LogP contribution in [0.25, 0.3) is 41.2 Å². The van der Waals surface area contributed by atoms with Gasteiger partial charge in [0.25, 0.3) is 0 Å². The van der Waals surface area contributed by atoms with Crippen molar-refractivity contribution in [2.24, 2.45) is 0 Å². The van der Waals surface area contributed by atoms with Gasteiger partial charge in [0.15, 0.2) is 0 Å². The second kappa shape index (κ2) is 11.2. The molecule has 0 saturated heterocycles. The minimum absolute atomic E-state index is 0.275. The Morgan fingerprint density at radius 2 is 0.980 bits per heavy atom. The Balaban J connectivity index is 1.22. The van der Waals surface area contributed by atoms with Crippen LogP contribution < -0.4 is 4.90 Å². The van der Waals surface area contributed by atoms with E-state index in [0.29, 0.717) is 0 Å². The molecule has 49 heavy (non-hydrogen) atoms. The van der Waals surface area contributed by atoms with Crippen molar-refractivity contribution < 1.29 is 0 Å². The van der Waals surface area contributed by atoms with Gasteiger partial charge in [0.1, 0.15) is 0 Å². The van der Waals surface area contributed by atoms with E-state index in [1.807, 2.05) is 0 Å². The van der Waals surface area contributed by atoms with Crippen LogP contribution in [0.1, 0.15) is 22.3 Å². The van der Waals surface area contributed by atoms with Crippen LogP contribution in [0.4, 0.5) is 17.1 Å². The molecule has 0 saturated carbocycles. The number of hydrogen-bond donors (Lipinski definition) is 0. The van der Waals surface area contributed by atoms with Gasteiger partial charge in [-0.15, -0.1) is 0 Å². The predicted molar refractivity (Wildman–Crippen MR) is 208 cm³/mol. The number of hydrogen-bond acceptors (Lipinski definition) is 1. The second-order valence-electron chi connectivity index (χ2n) is 12.9. The van der Waals surface area contributed by atoms with E-state index in [2.05, 4.69) is 193 Å². The average molecular weight is 689 g/mol. The summed E-state index contributed by atoms with van der Waals surface area (Å²) >= 11 is 0.275. The van der Waals surface area contributed by atoms with E-state index in [1.165, 1.54) is 69.1 Å². The molecular weight excluding hydrogens is 657 g/mol. The monoisotopic (exact) mass is 689 g/mol. The standard InChI is InChI=1S/C47H31NSe/c1-4-14-33(15-5-1)47(34-16-6-2-7-17-34)43-22-12-10-20-38(43)42-31-37(27-29-44(42)47)48(35-18-8-3-9-19-35)36-26-24-32-25-28-40-39-21-11-13-23-45(39)49-46(40)41(32)30-36/h1-31H. The van der Waals surface area contributed by atoms with Gasteiger partial charge in [-0.2, -0.15) is 0 Å². The first-order valence-electron chi connectivity index (χ1n) is 16.9. The van der Waals surface area contributed by atoms with E-state index in [9.17, 15) is 0 Å². The van der Waals surface area contributed by atoms with Crippen LogP contribution in [0.3, 0.4) is 0 Å². The van der Waals surface area contributed by atoms with Gasteiger partial charge in [-0.25, -0.2) is 0 Å². The van der Waals surface area contributed by atoms with E-state index in [4.69, 9.17) is 0 Å². The maximum absolute atomic E-state index is 2.43. The summed E-state index contributed by atoms with van der Waals surface area (Å²) in [4.78, 5) is 2.43. The van der Waals surface area contributed by atoms with Crippen molar-refractivity contribution in [3.8, 4) is 11.1 Å². The van der Waals surface area contributed by atoms with Crippen LogP contribution >= 0.6 is 0 Å². The molecule has 0 amide bonds. The van der Waals surface area contributed by atoms with Crippen molar-refractivity contribution in [2.45, 2.75) is 5.41 Å². The van der Waals surface area contributed by atoms with Gasteiger partial charge in [0.2, 0.25) is 0 Å². The molecule has 9 aromatic rings. The molecule has 0 aliphatic heterocycles. The zero-order valence-electron chi connectivity index (χ0n) is 26.8. The summed E-state index contributed by atoms with van der Waals surface area (Å²) < 4.78 is 2.96. The summed E-state index contributed by atoms with van der Waals surface area (Å²) in [7, 11) is 0. The Labute approximate surface area is 292 Å². The fourth-order valence-electron chi connectivity index (χ4n) is 8.23. The average Bonchev–Trinajstić information content (AvgIpc) is 3.70. The quantitative estimate of drug-likeness (QED) is 0.163. The molecule has 0 N–H and O–H groups in total. The molecule has 0 fully saturated rings. The Bertz CT molecular complexity index is 2620. The first-order valence-corrected chi connectivity index (χ1v) is 18.6. The van der Waals surface area contributed by atoms with Gasteiger partial charge in [-0.1, -0.05) is 36.4 Å². The van der Waals surface area contributed by atoms with Crippen LogP contribution in [0.5, 0.6) is 0 Å². The molecule has 0 atom stereocenters. The molecule has 1 heterocycles. The van der Waals surface area contributed by atoms with Gasteiger partial charge in [-0.3, -0.25) is 0 Å². The molecule has 230 valence electrons. The SMILES string of the molecule is c1ccc(N(c2ccc3c(c2)-c2ccccc2C3(c2ccccc2)c2ccccc2)c2ccc3ccc4c5ccccc5[se]c4c3c2)cc1. The zero-order chi connectivity index (χ0) is 32.4. The fourth-order valence-corrected chi connectivity index (χ4v) is 10.8. The summed E-state index contributed by atoms with van der Waals surface area (Å²) in [6.07, 6.45) is 0. The van der Waals surface area contributed by atoms with Crippen molar-refractivity contribution in [1.82, 2.24) is 0 Å². The molecule has 1 nitrogen and oxygen atoms in total. The number of rotatable bonds is 5. The van der Waals surface area contributed by atoms with Crippen LogP contribution in [-0.4, -0.2) is 14.5 Å². The molecule has 10 rings (SSSR count). The van der Waals surface area contributed by atoms with E-state index < -0.39 is 5.41 Å². The summed E-state index contributed by atoms with van der Waals surface area (Å²) in [6.45, 7) is 0. The van der Waals surface area contributed by atoms with Gasteiger partial charge >= 0.3 is 257 Å². The second-order valence-corrected chi connectivity index (χ2v) is 15.1. The minimum atomic E-state index is -0.412. The Morgan fingerprint density at radius 3 is 1.76 bits per heavy atom. The summed E-state index contributed by atoms with van der Waals surface area (Å²) in [5, 5.41) is 5.43. The Kier molecular flexibility index (Phi) is 6.49. The van der Waals surface area contributed by atoms with Gasteiger partial charge < -0.3 is 0 Å². The van der Waals surface area contributed by atoms with Crippen molar-refractivity contribution in [1.29, 1.82) is 0 Å². The molecule has 0 unspecified atom stereocenters. The third kappa shape index (κ3) is 4.25. The fraction of sp³-hybridized carbons (Fsp3) is 0.0213. The number of anilines is 3. The van der Waals surface area contributed by atoms with Gasteiger partial charge in [0, 0.05) is 0 Å². The molecule has 1 aliphatic rings. The van der Waals surface area contributed by atoms with Crippen molar-refractivity contribution >= 4 is 61.6 Å². The normalized spacial score (nSPS) is 13.1. The predicted octanol–water partition coefficient (Wildman–Crippen LogP) is 12.0. The van der Waals surface area contributed by atoms with Crippen LogP contribution in [0, 0.1) is 0 Å². The van der Waals surface area contributed by atoms with E-state index >= 15 is 0 Å². The molecule has 1 aliphatic carbocycles. The summed E-state index contributed by atoms with van der Waals surface area (Å²) in [6, 6.07) is 69.6. The topological polar surface area (TPSA) is 3.24 Å². The van der Waals surface area contributed by atoms with Gasteiger partial charge in [0.05, 0.1) is 0 Å². The van der Waals surface area contributed by atoms with Crippen LogP contribution in [0.15, 0.2) is 188 Å². The van der Waals surface area contributed by atoms with Crippen LogP contribution in [-0.2, 0) is 5.41 Å². The first kappa shape index (κ1) is 28.4. The number of benzene rings is 8. The number of nitrogens with zero attached hydrogens (tertiary/aromatic N) is 1. The Hall–Kier alpha value is -5.66. The van der Waals surface area contributed by atoms with E-state index in [0.717, 1.165) is 11.4 Å². The first-order chi connectivity index (χ1) is 24.3. The Morgan fingerprint density at radius 1 is 0.388 bits per heavy atom. The number of para-hydroxylation sites is 1. The number of fused-ring (bicyclic) bond motifs is 8. The van der Waals surface area contributed by atoms with E-state index in [1.54, 1.807) is 0 Å². The maximum atomic E-state index is 2.43. The van der Waals surface area contributed by atoms with Crippen molar-refractivity contribution in [3.05, 3.63) is 210 Å². The third-order valence-electron chi connectivity index (χ3n) is 10.3. The third-order valence-corrected chi connectivity index (χ3v) is 12.9. The molecular formula is C47H31NSe. The van der Waals surface area contributed by atoms with E-state index in [-0.39, 0.29) is 14.5 Å². The van der Waals surface area contributed by atoms with Gasteiger partial charge in [-0.05, 0) is 0 Å². The molecule has 0 radical (unpaired) electrons. The zero-order valence-corrected chi connectivity index (χ0v) is 28.5. The molecule has 2 heteroatoms. The van der Waals surface area contributed by atoms with Crippen molar-refractivity contribution in [3.63, 3.8) is 0 Å². The molecule has 0 bridgehead atoms. The molecule has 0 spiro atoms. The molecule has 1 aromatic heterocycles. The summed E-state index contributed by atoms with van der Waals surface area (Å²) in [5.74, 6) is 0. The van der Waals surface area contributed by atoms with Crippen molar-refractivity contribution in [2.75, 3.05) is 4.90 Å².